The first-order valence-corrected chi connectivity index (χ1v) is 5.84. The van der Waals surface area contributed by atoms with Crippen molar-refractivity contribution in [1.82, 2.24) is 5.32 Å². The number of nitrogens with one attached hydrogen (secondary N) is 1. The molecule has 1 fully saturated rings. The smallest absolute Gasteiger partial charge is 0.230 e. The fraction of sp³-hybridized carbons (Fsp3) is 0.778. The molecule has 1 saturated heterocycles. The van der Waals surface area contributed by atoms with E-state index >= 15 is 0 Å². The third-order valence-corrected chi connectivity index (χ3v) is 3.27. The van der Waals surface area contributed by atoms with E-state index in [1.165, 1.54) is 0 Å². The summed E-state index contributed by atoms with van der Waals surface area (Å²) in [5, 5.41) is 13.2. The molecule has 4 nitrogen and oxygen atoms in total. The second-order valence-corrected chi connectivity index (χ2v) is 4.53. The van der Waals surface area contributed by atoms with Gasteiger partial charge in [0.15, 0.2) is 0 Å². The maximum absolute atomic E-state index is 10.8. The average molecular weight is 216 g/mol. The standard InChI is InChI=1S/C9H15NO3S/c11-7-6-14-8(10-7)4-2-1-3-5-9(12)13/h8H,1-6H2,(H,10,11)(H,12,13)/p-1. The molecule has 1 aliphatic heterocycles. The van der Waals surface area contributed by atoms with Crippen molar-refractivity contribution in [1.29, 1.82) is 0 Å². The molecule has 5 heteroatoms. The van der Waals surface area contributed by atoms with E-state index in [1.54, 1.807) is 11.8 Å². The Morgan fingerprint density at radius 1 is 1.50 bits per heavy atom. The molecule has 0 spiro atoms. The first-order chi connectivity index (χ1) is 6.68. The lowest BCUT2D eigenvalue weighted by atomic mass is 10.1. The predicted molar refractivity (Wildman–Crippen MR) is 52.5 cm³/mol. The van der Waals surface area contributed by atoms with Crippen LogP contribution in [0, 0.1) is 0 Å². The normalized spacial score (nSPS) is 20.9. The summed E-state index contributed by atoms with van der Waals surface area (Å²) in [6.07, 6.45) is 3.60. The van der Waals surface area contributed by atoms with Crippen LogP contribution in [-0.2, 0) is 9.59 Å². The Labute approximate surface area is 87.4 Å². The number of aliphatic carboxylic acids is 1. The fourth-order valence-corrected chi connectivity index (χ4v) is 2.35. The lowest BCUT2D eigenvalue weighted by Crippen LogP contribution is -2.24. The molecule has 0 saturated carbocycles. The molecular formula is C9H14NO3S-. The number of carboxylic acid groups (broad SMARTS) is 1. The maximum Gasteiger partial charge on any atom is 0.230 e. The number of hydrogen-bond donors (Lipinski definition) is 1. The van der Waals surface area contributed by atoms with Crippen molar-refractivity contribution in [3.63, 3.8) is 0 Å². The van der Waals surface area contributed by atoms with Gasteiger partial charge in [0.1, 0.15) is 0 Å². The number of carbonyl (C=O) groups is 2. The molecule has 1 unspecified atom stereocenters. The molecule has 1 amide bonds. The summed E-state index contributed by atoms with van der Waals surface area (Å²) in [6.45, 7) is 0. The van der Waals surface area contributed by atoms with Crippen molar-refractivity contribution < 1.29 is 14.7 Å². The molecule has 0 radical (unpaired) electrons. The van der Waals surface area contributed by atoms with Gasteiger partial charge < -0.3 is 15.2 Å². The Morgan fingerprint density at radius 2 is 2.29 bits per heavy atom. The summed E-state index contributed by atoms with van der Waals surface area (Å²) >= 11 is 1.63. The largest absolute Gasteiger partial charge is 0.550 e. The third-order valence-electron chi connectivity index (χ3n) is 2.08. The van der Waals surface area contributed by atoms with Gasteiger partial charge in [0, 0.05) is 5.97 Å². The van der Waals surface area contributed by atoms with E-state index in [0.29, 0.717) is 12.2 Å². The van der Waals surface area contributed by atoms with Crippen LogP contribution in [0.3, 0.4) is 0 Å². The van der Waals surface area contributed by atoms with Crippen molar-refractivity contribution >= 4 is 23.6 Å². The Hall–Kier alpha value is -0.710. The zero-order valence-electron chi connectivity index (χ0n) is 7.95. The van der Waals surface area contributed by atoms with Crippen LogP contribution in [0.15, 0.2) is 0 Å². The highest BCUT2D eigenvalue weighted by molar-refractivity contribution is 8.01. The van der Waals surface area contributed by atoms with Gasteiger partial charge in [0.05, 0.1) is 11.1 Å². The minimum absolute atomic E-state index is 0.106. The van der Waals surface area contributed by atoms with Gasteiger partial charge in [-0.25, -0.2) is 0 Å². The van der Waals surface area contributed by atoms with Crippen LogP contribution in [0.5, 0.6) is 0 Å². The minimum atomic E-state index is -0.978. The van der Waals surface area contributed by atoms with E-state index in [0.717, 1.165) is 19.3 Å². The number of amides is 1. The first kappa shape index (κ1) is 11.4. The van der Waals surface area contributed by atoms with Gasteiger partial charge in [0.25, 0.3) is 0 Å². The summed E-state index contributed by atoms with van der Waals surface area (Å²) in [5.74, 6) is -0.313. The van der Waals surface area contributed by atoms with Crippen LogP contribution >= 0.6 is 11.8 Å². The van der Waals surface area contributed by atoms with Gasteiger partial charge in [-0.3, -0.25) is 4.79 Å². The molecule has 1 rings (SSSR count). The van der Waals surface area contributed by atoms with Gasteiger partial charge in [-0.1, -0.05) is 12.8 Å². The highest BCUT2D eigenvalue weighted by Gasteiger charge is 2.20. The van der Waals surface area contributed by atoms with Gasteiger partial charge in [0.2, 0.25) is 5.91 Å². The molecule has 1 aliphatic rings. The number of rotatable bonds is 6. The summed E-state index contributed by atoms with van der Waals surface area (Å²) in [4.78, 5) is 20.9. The summed E-state index contributed by atoms with van der Waals surface area (Å²) in [5.41, 5.74) is 0. The van der Waals surface area contributed by atoms with Crippen molar-refractivity contribution in [2.24, 2.45) is 0 Å². The quantitative estimate of drug-likeness (QED) is 0.628. The van der Waals surface area contributed by atoms with Crippen molar-refractivity contribution in [3.8, 4) is 0 Å². The molecule has 0 aromatic carbocycles. The minimum Gasteiger partial charge on any atom is -0.550 e. The summed E-state index contributed by atoms with van der Waals surface area (Å²) < 4.78 is 0. The van der Waals surface area contributed by atoms with Crippen LogP contribution in [0.25, 0.3) is 0 Å². The van der Waals surface area contributed by atoms with E-state index in [4.69, 9.17) is 0 Å². The van der Waals surface area contributed by atoms with Crippen LogP contribution in [0.4, 0.5) is 0 Å². The molecule has 0 bridgehead atoms. The van der Waals surface area contributed by atoms with Crippen LogP contribution in [-0.4, -0.2) is 23.0 Å². The molecule has 1 atom stereocenters. The molecule has 14 heavy (non-hydrogen) atoms. The number of unbranched alkanes of at least 4 members (excludes halogenated alkanes) is 2. The highest BCUT2D eigenvalue weighted by atomic mass is 32.2. The zero-order chi connectivity index (χ0) is 10.4. The summed E-state index contributed by atoms with van der Waals surface area (Å²) in [6, 6.07) is 0. The van der Waals surface area contributed by atoms with Crippen LogP contribution in [0.2, 0.25) is 0 Å². The van der Waals surface area contributed by atoms with Gasteiger partial charge in [-0.2, -0.15) is 0 Å². The lowest BCUT2D eigenvalue weighted by molar-refractivity contribution is -0.305. The van der Waals surface area contributed by atoms with Crippen molar-refractivity contribution in [2.75, 3.05) is 5.75 Å². The highest BCUT2D eigenvalue weighted by Crippen LogP contribution is 2.20. The SMILES string of the molecule is O=C([O-])CCCCCC1NC(=O)CS1. The lowest BCUT2D eigenvalue weighted by Gasteiger charge is -2.08. The number of carboxylic acids is 1. The van der Waals surface area contributed by atoms with E-state index in [2.05, 4.69) is 5.32 Å². The molecule has 1 heterocycles. The number of carbonyl (C=O) groups excluding carboxylic acids is 2. The average Bonchev–Trinajstić information content (AvgIpc) is 2.50. The zero-order valence-corrected chi connectivity index (χ0v) is 8.77. The monoisotopic (exact) mass is 216 g/mol. The Morgan fingerprint density at radius 3 is 2.86 bits per heavy atom. The van der Waals surface area contributed by atoms with E-state index < -0.39 is 5.97 Å². The van der Waals surface area contributed by atoms with Crippen LogP contribution in [0.1, 0.15) is 32.1 Å². The van der Waals surface area contributed by atoms with E-state index in [1.807, 2.05) is 0 Å². The molecule has 0 aliphatic carbocycles. The molecule has 0 aromatic rings. The van der Waals surface area contributed by atoms with E-state index in [-0.39, 0.29) is 17.7 Å². The van der Waals surface area contributed by atoms with Gasteiger partial charge >= 0.3 is 0 Å². The third kappa shape index (κ3) is 4.50. The van der Waals surface area contributed by atoms with Crippen molar-refractivity contribution in [3.05, 3.63) is 0 Å². The Bertz CT molecular complexity index is 220. The molecule has 0 aromatic heterocycles. The van der Waals surface area contributed by atoms with Gasteiger partial charge in [-0.15, -0.1) is 11.8 Å². The van der Waals surface area contributed by atoms with Crippen molar-refractivity contribution in [2.45, 2.75) is 37.5 Å². The number of hydrogen-bond acceptors (Lipinski definition) is 4. The predicted octanol–water partition coefficient (Wildman–Crippen LogP) is -0.124. The fourth-order valence-electron chi connectivity index (χ4n) is 1.37. The molecule has 1 N–H and O–H groups in total. The maximum atomic E-state index is 10.8. The second kappa shape index (κ2) is 5.90. The van der Waals surface area contributed by atoms with Crippen LogP contribution < -0.4 is 10.4 Å². The molecular weight excluding hydrogens is 202 g/mol. The number of thioether (sulfide) groups is 1. The first-order valence-electron chi connectivity index (χ1n) is 4.79. The molecule has 80 valence electrons. The second-order valence-electron chi connectivity index (χ2n) is 3.34. The Kier molecular flexibility index (Phi) is 4.79. The topological polar surface area (TPSA) is 69.2 Å². The summed E-state index contributed by atoms with van der Waals surface area (Å²) in [7, 11) is 0. The van der Waals surface area contributed by atoms with Gasteiger partial charge in [-0.05, 0) is 19.3 Å². The Balaban J connectivity index is 1.94. The van der Waals surface area contributed by atoms with E-state index in [9.17, 15) is 14.7 Å².